The van der Waals surface area contributed by atoms with Crippen LogP contribution in [0.4, 0.5) is 18.9 Å². The number of ether oxygens (including phenoxy) is 2. The molecule has 5 nitrogen and oxygen atoms in total. The van der Waals surface area contributed by atoms with Crippen molar-refractivity contribution in [2.24, 2.45) is 0 Å². The Bertz CT molecular complexity index is 792. The van der Waals surface area contributed by atoms with E-state index in [4.69, 9.17) is 9.47 Å². The van der Waals surface area contributed by atoms with Crippen LogP contribution in [0.15, 0.2) is 30.3 Å². The lowest BCUT2D eigenvalue weighted by atomic mass is 10.1. The number of aryl methyl sites for hydroxylation is 1. The SMILES string of the molecule is CCOc1ccc(OCC)c(NC(=O)c2ccc(C(F)(F)F)nc2C)c1. The zero-order valence-corrected chi connectivity index (χ0v) is 14.6. The molecule has 0 radical (unpaired) electrons. The van der Waals surface area contributed by atoms with Gasteiger partial charge in [-0.3, -0.25) is 4.79 Å². The van der Waals surface area contributed by atoms with E-state index in [0.29, 0.717) is 30.4 Å². The summed E-state index contributed by atoms with van der Waals surface area (Å²) in [5.74, 6) is 0.383. The summed E-state index contributed by atoms with van der Waals surface area (Å²) < 4.78 is 49.0. The molecule has 0 spiro atoms. The molecule has 1 aromatic carbocycles. The van der Waals surface area contributed by atoms with E-state index in [-0.39, 0.29) is 11.3 Å². The molecule has 1 amide bonds. The van der Waals surface area contributed by atoms with E-state index < -0.39 is 17.8 Å². The van der Waals surface area contributed by atoms with Crippen molar-refractivity contribution in [2.75, 3.05) is 18.5 Å². The highest BCUT2D eigenvalue weighted by molar-refractivity contribution is 6.05. The van der Waals surface area contributed by atoms with E-state index in [9.17, 15) is 18.0 Å². The van der Waals surface area contributed by atoms with Crippen molar-refractivity contribution in [1.29, 1.82) is 0 Å². The zero-order chi connectivity index (χ0) is 19.3. The maximum absolute atomic E-state index is 12.7. The fourth-order valence-corrected chi connectivity index (χ4v) is 2.29. The Morgan fingerprint density at radius 2 is 1.81 bits per heavy atom. The van der Waals surface area contributed by atoms with E-state index in [0.717, 1.165) is 12.1 Å². The van der Waals surface area contributed by atoms with Gasteiger partial charge in [-0.25, -0.2) is 4.98 Å². The second-order valence-electron chi connectivity index (χ2n) is 5.31. The predicted octanol–water partition coefficient (Wildman–Crippen LogP) is 4.46. The maximum Gasteiger partial charge on any atom is 0.433 e. The van der Waals surface area contributed by atoms with Crippen LogP contribution in [0.2, 0.25) is 0 Å². The molecule has 0 aliphatic heterocycles. The number of nitrogens with zero attached hydrogens (tertiary/aromatic N) is 1. The maximum atomic E-state index is 12.7. The highest BCUT2D eigenvalue weighted by Gasteiger charge is 2.33. The summed E-state index contributed by atoms with van der Waals surface area (Å²) >= 11 is 0. The molecule has 2 rings (SSSR count). The molecule has 140 valence electrons. The smallest absolute Gasteiger partial charge is 0.433 e. The van der Waals surface area contributed by atoms with Crippen LogP contribution in [-0.4, -0.2) is 24.1 Å². The number of anilines is 1. The molecule has 1 aromatic heterocycles. The van der Waals surface area contributed by atoms with Gasteiger partial charge in [0.05, 0.1) is 30.2 Å². The van der Waals surface area contributed by atoms with Gasteiger partial charge in [-0.05, 0) is 45.0 Å². The number of alkyl halides is 3. The summed E-state index contributed by atoms with van der Waals surface area (Å²) in [6.45, 7) is 5.81. The lowest BCUT2D eigenvalue weighted by Crippen LogP contribution is -2.17. The zero-order valence-electron chi connectivity index (χ0n) is 14.6. The van der Waals surface area contributed by atoms with Crippen LogP contribution in [0.3, 0.4) is 0 Å². The minimum atomic E-state index is -4.56. The Hall–Kier alpha value is -2.77. The first-order valence-corrected chi connectivity index (χ1v) is 8.02. The first-order valence-electron chi connectivity index (χ1n) is 8.02. The number of halogens is 3. The van der Waals surface area contributed by atoms with Crippen LogP contribution in [0.25, 0.3) is 0 Å². The molecule has 0 saturated heterocycles. The highest BCUT2D eigenvalue weighted by Crippen LogP contribution is 2.31. The number of aromatic nitrogens is 1. The summed E-state index contributed by atoms with van der Waals surface area (Å²) in [4.78, 5) is 16.0. The topological polar surface area (TPSA) is 60.5 Å². The Morgan fingerprint density at radius 3 is 2.38 bits per heavy atom. The molecule has 1 N–H and O–H groups in total. The van der Waals surface area contributed by atoms with Gasteiger partial charge < -0.3 is 14.8 Å². The number of benzene rings is 1. The summed E-state index contributed by atoms with van der Waals surface area (Å²) in [5, 5.41) is 2.64. The van der Waals surface area contributed by atoms with Crippen LogP contribution in [0.5, 0.6) is 11.5 Å². The Labute approximate surface area is 149 Å². The third-order valence-corrected chi connectivity index (χ3v) is 3.43. The molecule has 0 aliphatic rings. The minimum absolute atomic E-state index is 0.0174. The molecule has 0 fully saturated rings. The number of pyridine rings is 1. The summed E-state index contributed by atoms with van der Waals surface area (Å²) in [6, 6.07) is 6.84. The van der Waals surface area contributed by atoms with E-state index in [1.807, 2.05) is 6.92 Å². The summed E-state index contributed by atoms with van der Waals surface area (Å²) in [5.41, 5.74) is -0.652. The van der Waals surface area contributed by atoms with E-state index >= 15 is 0 Å². The van der Waals surface area contributed by atoms with E-state index in [1.54, 1.807) is 25.1 Å². The molecule has 26 heavy (non-hydrogen) atoms. The second kappa shape index (κ2) is 8.07. The number of hydrogen-bond donors (Lipinski definition) is 1. The molecule has 0 saturated carbocycles. The lowest BCUT2D eigenvalue weighted by Gasteiger charge is -2.14. The predicted molar refractivity (Wildman–Crippen MR) is 90.7 cm³/mol. The number of carbonyl (C=O) groups is 1. The van der Waals surface area contributed by atoms with E-state index in [1.165, 1.54) is 6.92 Å². The number of hydrogen-bond acceptors (Lipinski definition) is 4. The van der Waals surface area contributed by atoms with Crippen molar-refractivity contribution in [3.8, 4) is 11.5 Å². The third kappa shape index (κ3) is 4.65. The Balaban J connectivity index is 2.30. The van der Waals surface area contributed by atoms with Crippen LogP contribution in [0, 0.1) is 6.92 Å². The highest BCUT2D eigenvalue weighted by atomic mass is 19.4. The molecular weight excluding hydrogens is 349 g/mol. The normalized spacial score (nSPS) is 11.2. The fourth-order valence-electron chi connectivity index (χ4n) is 2.29. The molecular formula is C18H19F3N2O3. The quantitative estimate of drug-likeness (QED) is 0.818. The van der Waals surface area contributed by atoms with Gasteiger partial charge in [-0.2, -0.15) is 13.2 Å². The monoisotopic (exact) mass is 368 g/mol. The first kappa shape index (κ1) is 19.6. The van der Waals surface area contributed by atoms with Gasteiger partial charge in [0.1, 0.15) is 17.2 Å². The van der Waals surface area contributed by atoms with Crippen molar-refractivity contribution in [1.82, 2.24) is 4.98 Å². The minimum Gasteiger partial charge on any atom is -0.494 e. The van der Waals surface area contributed by atoms with Gasteiger partial charge in [-0.1, -0.05) is 0 Å². The molecule has 1 heterocycles. The average molecular weight is 368 g/mol. The van der Waals surface area contributed by atoms with Gasteiger partial charge in [0.2, 0.25) is 0 Å². The molecule has 0 aliphatic carbocycles. The largest absolute Gasteiger partial charge is 0.494 e. The standard InChI is InChI=1S/C18H19F3N2O3/c1-4-25-12-6-8-15(26-5-2)14(10-12)23-17(24)13-7-9-16(18(19,20)21)22-11(13)3/h6-10H,4-5H2,1-3H3,(H,23,24). The second-order valence-corrected chi connectivity index (χ2v) is 5.31. The van der Waals surface area contributed by atoms with Gasteiger partial charge in [0.15, 0.2) is 0 Å². The van der Waals surface area contributed by atoms with Gasteiger partial charge >= 0.3 is 6.18 Å². The third-order valence-electron chi connectivity index (χ3n) is 3.43. The molecule has 8 heteroatoms. The van der Waals surface area contributed by atoms with Crippen LogP contribution in [-0.2, 0) is 6.18 Å². The van der Waals surface area contributed by atoms with Gasteiger partial charge in [0.25, 0.3) is 5.91 Å². The first-order chi connectivity index (χ1) is 12.3. The van der Waals surface area contributed by atoms with Gasteiger partial charge in [-0.15, -0.1) is 0 Å². The number of amides is 1. The molecule has 0 unspecified atom stereocenters. The van der Waals surface area contributed by atoms with Crippen molar-refractivity contribution >= 4 is 11.6 Å². The summed E-state index contributed by atoms with van der Waals surface area (Å²) in [6.07, 6.45) is -4.56. The van der Waals surface area contributed by atoms with Crippen molar-refractivity contribution in [3.05, 3.63) is 47.3 Å². The van der Waals surface area contributed by atoms with Crippen LogP contribution >= 0.6 is 0 Å². The molecule has 0 atom stereocenters. The summed E-state index contributed by atoms with van der Waals surface area (Å²) in [7, 11) is 0. The van der Waals surface area contributed by atoms with Crippen molar-refractivity contribution in [2.45, 2.75) is 26.9 Å². The lowest BCUT2D eigenvalue weighted by molar-refractivity contribution is -0.141. The van der Waals surface area contributed by atoms with Crippen LogP contribution in [0.1, 0.15) is 35.6 Å². The molecule has 2 aromatic rings. The Morgan fingerprint density at radius 1 is 1.12 bits per heavy atom. The number of carbonyl (C=O) groups excluding carboxylic acids is 1. The van der Waals surface area contributed by atoms with Crippen LogP contribution < -0.4 is 14.8 Å². The van der Waals surface area contributed by atoms with Crippen molar-refractivity contribution in [3.63, 3.8) is 0 Å². The van der Waals surface area contributed by atoms with Gasteiger partial charge in [0, 0.05) is 6.07 Å². The fraction of sp³-hybridized carbons (Fsp3) is 0.333. The Kier molecular flexibility index (Phi) is 6.07. The van der Waals surface area contributed by atoms with Crippen molar-refractivity contribution < 1.29 is 27.4 Å². The average Bonchev–Trinajstić information content (AvgIpc) is 2.56. The molecule has 0 bridgehead atoms. The number of rotatable bonds is 6. The van der Waals surface area contributed by atoms with E-state index in [2.05, 4.69) is 10.3 Å². The number of nitrogens with one attached hydrogen (secondary N) is 1.